The number of nitrogens with zero attached hydrogens (tertiary/aromatic N) is 1. The molecule has 3 nitrogen and oxygen atoms in total. The van der Waals surface area contributed by atoms with Crippen LogP contribution < -0.4 is 10.2 Å². The molecule has 1 unspecified atom stereocenters. The van der Waals surface area contributed by atoms with Crippen LogP contribution in [0.3, 0.4) is 0 Å². The van der Waals surface area contributed by atoms with Gasteiger partial charge in [-0.1, -0.05) is 6.07 Å². The number of anilines is 1. The van der Waals surface area contributed by atoms with Crippen molar-refractivity contribution in [1.82, 2.24) is 5.32 Å². The lowest BCUT2D eigenvalue weighted by Crippen LogP contribution is -2.36. The quantitative estimate of drug-likeness (QED) is 0.906. The second-order valence-corrected chi connectivity index (χ2v) is 5.03. The van der Waals surface area contributed by atoms with Crippen molar-refractivity contribution in [2.45, 2.75) is 26.2 Å². The molecule has 0 bridgehead atoms. The van der Waals surface area contributed by atoms with E-state index < -0.39 is 0 Å². The van der Waals surface area contributed by atoms with E-state index in [4.69, 9.17) is 0 Å². The van der Waals surface area contributed by atoms with E-state index in [1.165, 1.54) is 12.1 Å². The zero-order valence-corrected chi connectivity index (χ0v) is 11.4. The maximum atomic E-state index is 13.2. The van der Waals surface area contributed by atoms with E-state index in [1.807, 2.05) is 6.92 Å². The highest BCUT2D eigenvalue weighted by molar-refractivity contribution is 5.93. The Hall–Kier alpha value is -1.42. The summed E-state index contributed by atoms with van der Waals surface area (Å²) in [6, 6.07) is 6.24. The summed E-state index contributed by atoms with van der Waals surface area (Å²) in [7, 11) is 0. The topological polar surface area (TPSA) is 32.3 Å². The number of nitrogens with one attached hydrogen (secondary N) is 1. The highest BCUT2D eigenvalue weighted by Gasteiger charge is 2.21. The van der Waals surface area contributed by atoms with Crippen molar-refractivity contribution < 1.29 is 9.18 Å². The van der Waals surface area contributed by atoms with Gasteiger partial charge in [0, 0.05) is 18.7 Å². The molecule has 1 fully saturated rings. The number of halogens is 1. The normalized spacial score (nSPS) is 19.2. The fourth-order valence-electron chi connectivity index (χ4n) is 2.60. The molecule has 1 amide bonds. The highest BCUT2D eigenvalue weighted by Crippen LogP contribution is 2.20. The molecule has 19 heavy (non-hydrogen) atoms. The van der Waals surface area contributed by atoms with Crippen LogP contribution in [0.25, 0.3) is 0 Å². The predicted molar refractivity (Wildman–Crippen MR) is 74.6 cm³/mol. The number of rotatable bonds is 4. The number of benzene rings is 1. The molecule has 4 heteroatoms. The van der Waals surface area contributed by atoms with Gasteiger partial charge in [-0.2, -0.15) is 0 Å². The Kier molecular flexibility index (Phi) is 4.91. The van der Waals surface area contributed by atoms with Gasteiger partial charge in [0.25, 0.3) is 0 Å². The first kappa shape index (κ1) is 14.0. The van der Waals surface area contributed by atoms with Crippen LogP contribution >= 0.6 is 0 Å². The Morgan fingerprint density at radius 2 is 2.37 bits per heavy atom. The molecule has 1 aliphatic rings. The van der Waals surface area contributed by atoms with Crippen LogP contribution in [0.4, 0.5) is 10.1 Å². The summed E-state index contributed by atoms with van der Waals surface area (Å²) in [4.78, 5) is 14.0. The maximum Gasteiger partial charge on any atom is 0.227 e. The molecule has 1 atom stereocenters. The average Bonchev–Trinajstić information content (AvgIpc) is 2.41. The molecular formula is C15H21FN2O. The molecular weight excluding hydrogens is 243 g/mol. The standard InChI is InChI=1S/C15H21FN2O/c1-2-18(14-7-3-6-13(16)10-14)15(19)9-12-5-4-8-17-11-12/h3,6-7,10,12,17H,2,4-5,8-9,11H2,1H3. The first-order chi connectivity index (χ1) is 9.20. The van der Waals surface area contributed by atoms with Crippen molar-refractivity contribution in [2.75, 3.05) is 24.5 Å². The number of piperidine rings is 1. The fraction of sp³-hybridized carbons (Fsp3) is 0.533. The predicted octanol–water partition coefficient (Wildman–Crippen LogP) is 2.57. The monoisotopic (exact) mass is 264 g/mol. The number of carbonyl (C=O) groups excluding carboxylic acids is 1. The van der Waals surface area contributed by atoms with Crippen molar-refractivity contribution in [1.29, 1.82) is 0 Å². The van der Waals surface area contributed by atoms with Gasteiger partial charge >= 0.3 is 0 Å². The molecule has 1 heterocycles. The van der Waals surface area contributed by atoms with Gasteiger partial charge in [-0.15, -0.1) is 0 Å². The number of amides is 1. The SMILES string of the molecule is CCN(C(=O)CC1CCCNC1)c1cccc(F)c1. The molecule has 1 aromatic rings. The van der Waals surface area contributed by atoms with Gasteiger partial charge in [0.1, 0.15) is 5.82 Å². The van der Waals surface area contributed by atoms with E-state index in [-0.39, 0.29) is 11.7 Å². The van der Waals surface area contributed by atoms with Crippen LogP contribution in [-0.2, 0) is 4.79 Å². The first-order valence-corrected chi connectivity index (χ1v) is 6.97. The van der Waals surface area contributed by atoms with Crippen LogP contribution in [0, 0.1) is 11.7 Å². The van der Waals surface area contributed by atoms with Gasteiger partial charge in [-0.25, -0.2) is 4.39 Å². The number of hydrogen-bond acceptors (Lipinski definition) is 2. The molecule has 0 radical (unpaired) electrons. The minimum Gasteiger partial charge on any atom is -0.316 e. The van der Waals surface area contributed by atoms with Crippen molar-refractivity contribution in [3.63, 3.8) is 0 Å². The smallest absolute Gasteiger partial charge is 0.227 e. The Morgan fingerprint density at radius 3 is 3.00 bits per heavy atom. The fourth-order valence-corrected chi connectivity index (χ4v) is 2.60. The molecule has 0 aliphatic carbocycles. The molecule has 1 aromatic carbocycles. The van der Waals surface area contributed by atoms with E-state index in [9.17, 15) is 9.18 Å². The molecule has 0 aromatic heterocycles. The molecule has 104 valence electrons. The Bertz CT molecular complexity index is 430. The minimum absolute atomic E-state index is 0.0850. The van der Waals surface area contributed by atoms with Crippen LogP contribution in [0.1, 0.15) is 26.2 Å². The number of hydrogen-bond donors (Lipinski definition) is 1. The lowest BCUT2D eigenvalue weighted by atomic mass is 9.95. The Morgan fingerprint density at radius 1 is 1.53 bits per heavy atom. The van der Waals surface area contributed by atoms with E-state index in [0.717, 1.165) is 25.9 Å². The largest absolute Gasteiger partial charge is 0.316 e. The third-order valence-corrected chi connectivity index (χ3v) is 3.60. The molecule has 1 saturated heterocycles. The maximum absolute atomic E-state index is 13.2. The van der Waals surface area contributed by atoms with Gasteiger partial charge in [0.2, 0.25) is 5.91 Å². The van der Waals surface area contributed by atoms with Gasteiger partial charge < -0.3 is 10.2 Å². The summed E-state index contributed by atoms with van der Waals surface area (Å²) < 4.78 is 13.2. The average molecular weight is 264 g/mol. The highest BCUT2D eigenvalue weighted by atomic mass is 19.1. The van der Waals surface area contributed by atoms with Gasteiger partial charge in [-0.05, 0) is 57.0 Å². The molecule has 0 saturated carbocycles. The molecule has 0 spiro atoms. The first-order valence-electron chi connectivity index (χ1n) is 6.97. The summed E-state index contributed by atoms with van der Waals surface area (Å²) >= 11 is 0. The molecule has 2 rings (SSSR count). The second kappa shape index (κ2) is 6.66. The van der Waals surface area contributed by atoms with Gasteiger partial charge in [0.15, 0.2) is 0 Å². The van der Waals surface area contributed by atoms with Crippen LogP contribution in [0.2, 0.25) is 0 Å². The molecule has 1 aliphatic heterocycles. The lowest BCUT2D eigenvalue weighted by Gasteiger charge is -2.26. The van der Waals surface area contributed by atoms with Crippen LogP contribution in [0.15, 0.2) is 24.3 Å². The summed E-state index contributed by atoms with van der Waals surface area (Å²) in [5.41, 5.74) is 0.649. The van der Waals surface area contributed by atoms with Crippen molar-refractivity contribution in [2.24, 2.45) is 5.92 Å². The van der Waals surface area contributed by atoms with E-state index in [2.05, 4.69) is 5.32 Å². The van der Waals surface area contributed by atoms with Crippen LogP contribution in [0.5, 0.6) is 0 Å². The second-order valence-electron chi connectivity index (χ2n) is 5.03. The van der Waals surface area contributed by atoms with Crippen molar-refractivity contribution in [3.05, 3.63) is 30.1 Å². The van der Waals surface area contributed by atoms with Gasteiger partial charge in [-0.3, -0.25) is 4.79 Å². The van der Waals surface area contributed by atoms with E-state index in [1.54, 1.807) is 17.0 Å². The molecule has 1 N–H and O–H groups in total. The van der Waals surface area contributed by atoms with E-state index in [0.29, 0.717) is 24.6 Å². The zero-order chi connectivity index (χ0) is 13.7. The van der Waals surface area contributed by atoms with Crippen molar-refractivity contribution >= 4 is 11.6 Å². The summed E-state index contributed by atoms with van der Waals surface area (Å²) in [5.74, 6) is 0.189. The third kappa shape index (κ3) is 3.77. The minimum atomic E-state index is -0.303. The summed E-state index contributed by atoms with van der Waals surface area (Å²) in [5, 5.41) is 3.32. The van der Waals surface area contributed by atoms with E-state index >= 15 is 0 Å². The lowest BCUT2D eigenvalue weighted by molar-refractivity contribution is -0.119. The number of carbonyl (C=O) groups is 1. The van der Waals surface area contributed by atoms with Crippen LogP contribution in [-0.4, -0.2) is 25.5 Å². The Labute approximate surface area is 113 Å². The third-order valence-electron chi connectivity index (χ3n) is 3.60. The van der Waals surface area contributed by atoms with Gasteiger partial charge in [0.05, 0.1) is 0 Å². The zero-order valence-electron chi connectivity index (χ0n) is 11.4. The Balaban J connectivity index is 2.02. The van der Waals surface area contributed by atoms with Crippen molar-refractivity contribution in [3.8, 4) is 0 Å². The summed E-state index contributed by atoms with van der Waals surface area (Å²) in [6.07, 6.45) is 2.76. The summed E-state index contributed by atoms with van der Waals surface area (Å²) in [6.45, 7) is 4.45.